The predicted octanol–water partition coefficient (Wildman–Crippen LogP) is 3.89. The molecule has 0 fully saturated rings. The molecule has 0 saturated carbocycles. The lowest BCUT2D eigenvalue weighted by Crippen LogP contribution is -2.39. The maximum atomic E-state index is 13.7. The summed E-state index contributed by atoms with van der Waals surface area (Å²) < 4.78 is 51.6. The van der Waals surface area contributed by atoms with Crippen molar-refractivity contribution in [2.75, 3.05) is 12.0 Å². The molecule has 1 atom stereocenters. The number of carbonyl (C=O) groups is 1. The van der Waals surface area contributed by atoms with Crippen LogP contribution < -0.4 is 10.7 Å². The van der Waals surface area contributed by atoms with Gasteiger partial charge in [0.25, 0.3) is 0 Å². The van der Waals surface area contributed by atoms with Crippen LogP contribution in [0.1, 0.15) is 43.1 Å². The van der Waals surface area contributed by atoms with Gasteiger partial charge in [-0.1, -0.05) is 17.7 Å². The van der Waals surface area contributed by atoms with Gasteiger partial charge in [0.05, 0.1) is 22.5 Å². The third-order valence-corrected chi connectivity index (χ3v) is 6.43. The highest BCUT2D eigenvalue weighted by Crippen LogP contribution is 2.46. The maximum absolute atomic E-state index is 13.7. The Morgan fingerprint density at radius 2 is 2.06 bits per heavy atom. The monoisotopic (exact) mass is 523 g/mol. The molecule has 1 amide bonds. The summed E-state index contributed by atoms with van der Waals surface area (Å²) in [5.41, 5.74) is 2.32. The van der Waals surface area contributed by atoms with Crippen LogP contribution in [0.5, 0.6) is 5.88 Å². The zero-order chi connectivity index (χ0) is 25.8. The minimum absolute atomic E-state index is 0.00488. The van der Waals surface area contributed by atoms with Crippen LogP contribution in [0.15, 0.2) is 34.4 Å². The Kier molecular flexibility index (Phi) is 5.71. The number of carbonyl (C=O) groups excluding carboxylic acids is 1. The maximum Gasteiger partial charge on any atom is 0.389 e. The van der Waals surface area contributed by atoms with Crippen molar-refractivity contribution in [1.82, 2.24) is 20.4 Å². The van der Waals surface area contributed by atoms with Crippen LogP contribution in [-0.2, 0) is 10.2 Å². The van der Waals surface area contributed by atoms with Crippen molar-refractivity contribution in [1.29, 1.82) is 0 Å². The molecule has 2 aromatic rings. The summed E-state index contributed by atoms with van der Waals surface area (Å²) in [4.78, 5) is 30.1. The molecular weight excluding hydrogens is 506 g/mol. The SMILES string of the molecule is CC1(c2ccc(F)c(Cl)c2)C(=O)Nc2nc(C3=CN4NCN=C4C(CCCC(F)(F)F)=N3)nc(O)c21. The van der Waals surface area contributed by atoms with Crippen LogP contribution in [0.2, 0.25) is 5.02 Å². The van der Waals surface area contributed by atoms with E-state index in [0.717, 1.165) is 6.07 Å². The van der Waals surface area contributed by atoms with Gasteiger partial charge in [-0.3, -0.25) is 9.80 Å². The minimum Gasteiger partial charge on any atom is -0.493 e. The van der Waals surface area contributed by atoms with Gasteiger partial charge in [-0.25, -0.2) is 24.8 Å². The van der Waals surface area contributed by atoms with Crippen molar-refractivity contribution in [3.8, 4) is 5.88 Å². The summed E-state index contributed by atoms with van der Waals surface area (Å²) in [6.07, 6.45) is -3.95. The standard InChI is InChI=1S/C22H18ClF4N7O2/c1-21(10-4-5-12(24)11(23)7-10)15-17(33-20(21)36)31-16(32-19(15)35)14-8-34-18(28-9-29-34)13(30-14)3-2-6-22(25,26)27/h4-5,7-8,29H,2-3,6,9H2,1H3,(H2,31,32,33,35,36). The van der Waals surface area contributed by atoms with Crippen LogP contribution in [-0.4, -0.2) is 50.4 Å². The van der Waals surface area contributed by atoms with Gasteiger partial charge < -0.3 is 10.4 Å². The van der Waals surface area contributed by atoms with E-state index in [0.29, 0.717) is 17.1 Å². The van der Waals surface area contributed by atoms with Crippen LogP contribution in [0.3, 0.4) is 0 Å². The zero-order valence-electron chi connectivity index (χ0n) is 18.6. The molecule has 9 nitrogen and oxygen atoms in total. The molecule has 0 saturated heterocycles. The molecular formula is C22H18ClF4N7O2. The van der Waals surface area contributed by atoms with Crippen molar-refractivity contribution in [3.63, 3.8) is 0 Å². The molecule has 3 aliphatic rings. The number of aromatic nitrogens is 2. The second-order valence-electron chi connectivity index (χ2n) is 8.51. The first-order valence-corrected chi connectivity index (χ1v) is 11.2. The van der Waals surface area contributed by atoms with Gasteiger partial charge in [-0.15, -0.1) is 0 Å². The van der Waals surface area contributed by atoms with Crippen LogP contribution in [0.25, 0.3) is 5.70 Å². The summed E-state index contributed by atoms with van der Waals surface area (Å²) in [5, 5.41) is 14.8. The highest BCUT2D eigenvalue weighted by Gasteiger charge is 2.48. The quantitative estimate of drug-likeness (QED) is 0.512. The van der Waals surface area contributed by atoms with E-state index in [4.69, 9.17) is 11.6 Å². The van der Waals surface area contributed by atoms with E-state index < -0.39 is 35.6 Å². The number of hydrogen-bond donors (Lipinski definition) is 3. The molecule has 4 heterocycles. The number of hydrazine groups is 1. The first-order chi connectivity index (χ1) is 17.0. The van der Waals surface area contributed by atoms with E-state index in [1.807, 2.05) is 0 Å². The first kappa shape index (κ1) is 24.1. The fraction of sp³-hybridized carbons (Fsp3) is 0.318. The molecule has 3 aliphatic heterocycles. The molecule has 1 aromatic carbocycles. The third-order valence-electron chi connectivity index (χ3n) is 6.14. The Morgan fingerprint density at radius 1 is 1.28 bits per heavy atom. The van der Waals surface area contributed by atoms with Crippen molar-refractivity contribution < 1.29 is 27.5 Å². The van der Waals surface area contributed by atoms with E-state index in [1.54, 1.807) is 0 Å². The summed E-state index contributed by atoms with van der Waals surface area (Å²) in [7, 11) is 0. The summed E-state index contributed by atoms with van der Waals surface area (Å²) in [5.74, 6) is -1.36. The minimum atomic E-state index is -4.29. The fourth-order valence-electron chi connectivity index (χ4n) is 4.30. The average molecular weight is 524 g/mol. The largest absolute Gasteiger partial charge is 0.493 e. The fourth-order valence-corrected chi connectivity index (χ4v) is 4.48. The molecule has 1 unspecified atom stereocenters. The molecule has 14 heteroatoms. The number of amidine groups is 1. The number of amides is 1. The molecule has 0 radical (unpaired) electrons. The number of halogens is 5. The highest BCUT2D eigenvalue weighted by atomic mass is 35.5. The normalized spacial score (nSPS) is 21.0. The molecule has 0 spiro atoms. The van der Waals surface area contributed by atoms with E-state index in [1.165, 1.54) is 30.3 Å². The van der Waals surface area contributed by atoms with E-state index in [2.05, 4.69) is 30.7 Å². The summed E-state index contributed by atoms with van der Waals surface area (Å²) >= 11 is 5.91. The first-order valence-electron chi connectivity index (χ1n) is 10.8. The zero-order valence-corrected chi connectivity index (χ0v) is 19.4. The summed E-state index contributed by atoms with van der Waals surface area (Å²) in [6, 6.07) is 3.79. The topological polar surface area (TPSA) is 115 Å². The predicted molar refractivity (Wildman–Crippen MR) is 123 cm³/mol. The number of nitrogens with one attached hydrogen (secondary N) is 2. The average Bonchev–Trinajstić information content (AvgIpc) is 3.37. The van der Waals surface area contributed by atoms with Gasteiger partial charge in [0.2, 0.25) is 11.8 Å². The molecule has 188 valence electrons. The number of aromatic hydroxyl groups is 1. The van der Waals surface area contributed by atoms with Gasteiger partial charge in [0, 0.05) is 6.42 Å². The van der Waals surface area contributed by atoms with Gasteiger partial charge >= 0.3 is 6.18 Å². The second-order valence-corrected chi connectivity index (χ2v) is 8.92. The van der Waals surface area contributed by atoms with Crippen molar-refractivity contribution >= 4 is 40.6 Å². The number of benzene rings is 1. The molecule has 1 aromatic heterocycles. The highest BCUT2D eigenvalue weighted by molar-refractivity contribution is 6.43. The van der Waals surface area contributed by atoms with Crippen LogP contribution >= 0.6 is 11.6 Å². The van der Waals surface area contributed by atoms with Gasteiger partial charge in [0.15, 0.2) is 11.7 Å². The third kappa shape index (κ3) is 4.07. The molecule has 36 heavy (non-hydrogen) atoms. The van der Waals surface area contributed by atoms with E-state index in [9.17, 15) is 27.5 Å². The Hall–Kier alpha value is -3.58. The Bertz CT molecular complexity index is 1370. The molecule has 3 N–H and O–H groups in total. The number of aliphatic imine (C=N–C) groups is 2. The molecule has 5 rings (SSSR count). The Morgan fingerprint density at radius 3 is 2.78 bits per heavy atom. The smallest absolute Gasteiger partial charge is 0.389 e. The van der Waals surface area contributed by atoms with Crippen molar-refractivity contribution in [3.05, 3.63) is 52.2 Å². The Balaban J connectivity index is 1.51. The number of anilines is 1. The number of nitrogens with zero attached hydrogens (tertiary/aromatic N) is 5. The number of alkyl halides is 3. The lowest BCUT2D eigenvalue weighted by atomic mass is 9.78. The van der Waals surface area contributed by atoms with Crippen molar-refractivity contribution in [2.24, 2.45) is 9.98 Å². The summed E-state index contributed by atoms with van der Waals surface area (Å²) in [6.45, 7) is 1.73. The number of rotatable bonds is 5. The number of hydrogen-bond acceptors (Lipinski definition) is 8. The second kappa shape index (κ2) is 8.52. The van der Waals surface area contributed by atoms with Gasteiger partial charge in [-0.05, 0) is 37.5 Å². The number of fused-ring (bicyclic) bond motifs is 2. The molecule has 0 aliphatic carbocycles. The van der Waals surface area contributed by atoms with Gasteiger partial charge in [0.1, 0.15) is 29.4 Å². The van der Waals surface area contributed by atoms with E-state index in [-0.39, 0.29) is 47.4 Å². The van der Waals surface area contributed by atoms with Crippen molar-refractivity contribution in [2.45, 2.75) is 37.8 Å². The van der Waals surface area contributed by atoms with Gasteiger partial charge in [-0.2, -0.15) is 18.2 Å². The van der Waals surface area contributed by atoms with E-state index >= 15 is 0 Å². The lowest BCUT2D eigenvalue weighted by Gasteiger charge is -2.24. The lowest BCUT2D eigenvalue weighted by molar-refractivity contribution is -0.135. The Labute approximate surface area is 206 Å². The molecule has 0 bridgehead atoms. The van der Waals surface area contributed by atoms with Crippen LogP contribution in [0.4, 0.5) is 23.4 Å². The van der Waals surface area contributed by atoms with Crippen LogP contribution in [0, 0.1) is 5.82 Å².